The van der Waals surface area contributed by atoms with Crippen LogP contribution in [0.1, 0.15) is 6.92 Å². The molecule has 0 aromatic heterocycles. The van der Waals surface area contributed by atoms with Crippen LogP contribution < -0.4 is 25.4 Å². The van der Waals surface area contributed by atoms with Gasteiger partial charge in [0.05, 0.1) is 18.6 Å². The third-order valence-corrected chi connectivity index (χ3v) is 3.78. The third kappa shape index (κ3) is 5.76. The van der Waals surface area contributed by atoms with Crippen molar-refractivity contribution in [3.8, 4) is 11.5 Å². The van der Waals surface area contributed by atoms with Crippen LogP contribution >= 0.6 is 0 Å². The number of nitro groups is 1. The van der Waals surface area contributed by atoms with Gasteiger partial charge in [0, 0.05) is 38.0 Å². The normalized spacial score (nSPS) is 10.9. The SMILES string of the molecule is CCOc1ccc(NC(=NC)NCCNc2ccccc2[N+](=O)[O-])cc1OC. The Bertz CT molecular complexity index is 826. The molecule has 0 aliphatic heterocycles. The summed E-state index contributed by atoms with van der Waals surface area (Å²) in [6.07, 6.45) is 0. The van der Waals surface area contributed by atoms with Crippen LogP contribution in [0.5, 0.6) is 11.5 Å². The first-order chi connectivity index (χ1) is 13.6. The minimum Gasteiger partial charge on any atom is -0.493 e. The number of guanidine groups is 1. The maximum Gasteiger partial charge on any atom is 0.292 e. The fourth-order valence-electron chi connectivity index (χ4n) is 2.50. The van der Waals surface area contributed by atoms with Crippen LogP contribution in [-0.4, -0.2) is 44.7 Å². The molecule has 9 nitrogen and oxygen atoms in total. The highest BCUT2D eigenvalue weighted by Gasteiger charge is 2.11. The van der Waals surface area contributed by atoms with Gasteiger partial charge < -0.3 is 25.4 Å². The van der Waals surface area contributed by atoms with Crippen molar-refractivity contribution in [1.82, 2.24) is 5.32 Å². The van der Waals surface area contributed by atoms with Crippen LogP contribution in [0.3, 0.4) is 0 Å². The monoisotopic (exact) mass is 387 g/mol. The van der Waals surface area contributed by atoms with Crippen LogP contribution in [0.15, 0.2) is 47.5 Å². The molecule has 0 unspecified atom stereocenters. The minimum absolute atomic E-state index is 0.0477. The van der Waals surface area contributed by atoms with E-state index in [2.05, 4.69) is 20.9 Å². The molecule has 0 bridgehead atoms. The second-order valence-electron chi connectivity index (χ2n) is 5.62. The fraction of sp³-hybridized carbons (Fsp3) is 0.316. The fourth-order valence-corrected chi connectivity index (χ4v) is 2.50. The largest absolute Gasteiger partial charge is 0.493 e. The van der Waals surface area contributed by atoms with Crippen LogP contribution in [-0.2, 0) is 0 Å². The number of benzene rings is 2. The van der Waals surface area contributed by atoms with Gasteiger partial charge in [-0.15, -0.1) is 0 Å². The van der Waals surface area contributed by atoms with Crippen molar-refractivity contribution in [2.24, 2.45) is 4.99 Å². The Labute approximate surface area is 163 Å². The van der Waals surface area contributed by atoms with Gasteiger partial charge in [-0.3, -0.25) is 15.1 Å². The summed E-state index contributed by atoms with van der Waals surface area (Å²) in [4.78, 5) is 14.8. The number of methoxy groups -OCH3 is 1. The van der Waals surface area contributed by atoms with Crippen LogP contribution in [0.4, 0.5) is 17.1 Å². The number of aliphatic imine (C=N–C) groups is 1. The summed E-state index contributed by atoms with van der Waals surface area (Å²) in [6, 6.07) is 12.1. The highest BCUT2D eigenvalue weighted by atomic mass is 16.6. The predicted molar refractivity (Wildman–Crippen MR) is 111 cm³/mol. The van der Waals surface area contributed by atoms with E-state index in [4.69, 9.17) is 9.47 Å². The van der Waals surface area contributed by atoms with Gasteiger partial charge in [-0.25, -0.2) is 0 Å². The van der Waals surface area contributed by atoms with Gasteiger partial charge in [0.15, 0.2) is 17.5 Å². The van der Waals surface area contributed by atoms with Crippen molar-refractivity contribution >= 4 is 23.0 Å². The summed E-state index contributed by atoms with van der Waals surface area (Å²) < 4.78 is 10.8. The van der Waals surface area contributed by atoms with Crippen molar-refractivity contribution < 1.29 is 14.4 Å². The average molecular weight is 387 g/mol. The van der Waals surface area contributed by atoms with Crippen LogP contribution in [0.25, 0.3) is 0 Å². The van der Waals surface area contributed by atoms with Gasteiger partial charge in [0.25, 0.3) is 5.69 Å². The number of nitrogens with one attached hydrogen (secondary N) is 3. The molecule has 150 valence electrons. The standard InChI is InChI=1S/C19H25N5O4/c1-4-28-17-10-9-14(13-18(17)27-3)23-19(20-2)22-12-11-21-15-7-5-6-8-16(15)24(25)26/h5-10,13,21H,4,11-12H2,1-3H3,(H2,20,22,23). The Morgan fingerprint density at radius 2 is 1.96 bits per heavy atom. The summed E-state index contributed by atoms with van der Waals surface area (Å²) in [7, 11) is 3.25. The molecule has 0 radical (unpaired) electrons. The molecule has 2 aromatic rings. The summed E-state index contributed by atoms with van der Waals surface area (Å²) in [5.41, 5.74) is 1.32. The van der Waals surface area contributed by atoms with Gasteiger partial charge in [-0.2, -0.15) is 0 Å². The second kappa shape index (κ2) is 10.6. The first kappa shape index (κ1) is 20.8. The number of hydrogen-bond acceptors (Lipinski definition) is 6. The Hall–Kier alpha value is -3.49. The summed E-state index contributed by atoms with van der Waals surface area (Å²) in [5, 5.41) is 20.4. The molecular weight excluding hydrogens is 362 g/mol. The van der Waals surface area contributed by atoms with Gasteiger partial charge in [-0.1, -0.05) is 12.1 Å². The van der Waals surface area contributed by atoms with E-state index in [-0.39, 0.29) is 5.69 Å². The van der Waals surface area contributed by atoms with E-state index in [1.165, 1.54) is 6.07 Å². The Kier molecular flexibility index (Phi) is 7.89. The van der Waals surface area contributed by atoms with E-state index in [1.54, 1.807) is 32.4 Å². The predicted octanol–water partition coefficient (Wildman–Crippen LogP) is 3.10. The van der Waals surface area contributed by atoms with E-state index in [0.29, 0.717) is 42.8 Å². The Balaban J connectivity index is 1.89. The molecule has 28 heavy (non-hydrogen) atoms. The molecule has 0 saturated heterocycles. The van der Waals surface area contributed by atoms with E-state index < -0.39 is 4.92 Å². The highest BCUT2D eigenvalue weighted by Crippen LogP contribution is 2.30. The van der Waals surface area contributed by atoms with Gasteiger partial charge >= 0.3 is 0 Å². The molecule has 2 aromatic carbocycles. The van der Waals surface area contributed by atoms with Crippen molar-refractivity contribution in [1.29, 1.82) is 0 Å². The molecule has 0 spiro atoms. The summed E-state index contributed by atoms with van der Waals surface area (Å²) in [6.45, 7) is 3.46. The molecule has 0 fully saturated rings. The molecule has 0 aliphatic rings. The van der Waals surface area contributed by atoms with Gasteiger partial charge in [0.1, 0.15) is 5.69 Å². The minimum atomic E-state index is -0.407. The lowest BCUT2D eigenvalue weighted by Gasteiger charge is -2.15. The van der Waals surface area contributed by atoms with E-state index >= 15 is 0 Å². The lowest BCUT2D eigenvalue weighted by molar-refractivity contribution is -0.384. The zero-order valence-corrected chi connectivity index (χ0v) is 16.2. The van der Waals surface area contributed by atoms with Crippen molar-refractivity contribution in [3.05, 3.63) is 52.6 Å². The first-order valence-corrected chi connectivity index (χ1v) is 8.84. The number of nitro benzene ring substituents is 1. The van der Waals surface area contributed by atoms with E-state index in [0.717, 1.165) is 5.69 Å². The number of hydrogen-bond donors (Lipinski definition) is 3. The molecule has 0 aliphatic carbocycles. The highest BCUT2D eigenvalue weighted by molar-refractivity contribution is 5.93. The van der Waals surface area contributed by atoms with Crippen molar-refractivity contribution in [2.45, 2.75) is 6.92 Å². The van der Waals surface area contributed by atoms with E-state index in [9.17, 15) is 10.1 Å². The van der Waals surface area contributed by atoms with Gasteiger partial charge in [0.2, 0.25) is 0 Å². The number of nitrogens with zero attached hydrogens (tertiary/aromatic N) is 2. The number of anilines is 2. The van der Waals surface area contributed by atoms with E-state index in [1.807, 2.05) is 25.1 Å². The molecule has 0 heterocycles. The molecule has 2 rings (SSSR count). The molecule has 0 amide bonds. The maximum absolute atomic E-state index is 11.0. The topological polar surface area (TPSA) is 110 Å². The van der Waals surface area contributed by atoms with Crippen LogP contribution in [0.2, 0.25) is 0 Å². The zero-order valence-electron chi connectivity index (χ0n) is 16.2. The first-order valence-electron chi connectivity index (χ1n) is 8.84. The van der Waals surface area contributed by atoms with Gasteiger partial charge in [-0.05, 0) is 25.1 Å². The van der Waals surface area contributed by atoms with Crippen molar-refractivity contribution in [2.75, 3.05) is 44.5 Å². The lowest BCUT2D eigenvalue weighted by Crippen LogP contribution is -2.34. The number of rotatable bonds is 9. The second-order valence-corrected chi connectivity index (χ2v) is 5.62. The van der Waals surface area contributed by atoms with Crippen molar-refractivity contribution in [3.63, 3.8) is 0 Å². The smallest absolute Gasteiger partial charge is 0.292 e. The molecule has 9 heteroatoms. The molecule has 3 N–H and O–H groups in total. The lowest BCUT2D eigenvalue weighted by atomic mass is 10.2. The molecule has 0 atom stereocenters. The average Bonchev–Trinajstić information content (AvgIpc) is 2.71. The molecule has 0 saturated carbocycles. The number of ether oxygens (including phenoxy) is 2. The quantitative estimate of drug-likeness (QED) is 0.199. The summed E-state index contributed by atoms with van der Waals surface area (Å²) >= 11 is 0. The third-order valence-electron chi connectivity index (χ3n) is 3.78. The Morgan fingerprint density at radius 3 is 2.64 bits per heavy atom. The summed E-state index contributed by atoms with van der Waals surface area (Å²) in [5.74, 6) is 1.86. The van der Waals surface area contributed by atoms with Crippen LogP contribution in [0, 0.1) is 10.1 Å². The number of para-hydroxylation sites is 2. The zero-order chi connectivity index (χ0) is 20.4. The maximum atomic E-state index is 11.0. The molecular formula is C19H25N5O4. The Morgan fingerprint density at radius 1 is 1.18 bits per heavy atom.